The maximum Gasteiger partial charge on any atom is 0.338 e. The molecular formula is C43H48O6. The maximum absolute atomic E-state index is 12.1. The summed E-state index contributed by atoms with van der Waals surface area (Å²) >= 11 is 0. The van der Waals surface area contributed by atoms with Crippen LogP contribution < -0.4 is 18.9 Å². The molecule has 6 heteroatoms. The normalized spacial score (nSPS) is 11.2. The number of hydrogen-bond donors (Lipinski definition) is 0. The van der Waals surface area contributed by atoms with Crippen molar-refractivity contribution in [1.82, 2.24) is 0 Å². The molecule has 0 fully saturated rings. The largest absolute Gasteiger partial charge is 0.457 e. The summed E-state index contributed by atoms with van der Waals surface area (Å²) in [5.74, 6) is 3.11. The highest BCUT2D eigenvalue weighted by Crippen LogP contribution is 2.41. The minimum atomic E-state index is -0.447. The van der Waals surface area contributed by atoms with E-state index in [4.69, 9.17) is 18.9 Å². The number of hydrogen-bond acceptors (Lipinski definition) is 6. The van der Waals surface area contributed by atoms with E-state index in [0.29, 0.717) is 34.1 Å². The molecule has 0 saturated carbocycles. The summed E-state index contributed by atoms with van der Waals surface area (Å²) in [7, 11) is 0. The molecule has 0 aliphatic rings. The third kappa shape index (κ3) is 7.97. The van der Waals surface area contributed by atoms with Crippen molar-refractivity contribution in [2.45, 2.75) is 88.5 Å². The number of ether oxygens (including phenoxy) is 4. The number of rotatable bonds is 10. The Morgan fingerprint density at radius 3 is 0.959 bits per heavy atom. The summed E-state index contributed by atoms with van der Waals surface area (Å²) in [5.41, 5.74) is 10.0. The van der Waals surface area contributed by atoms with Crippen molar-refractivity contribution < 1.29 is 28.5 Å². The maximum atomic E-state index is 12.1. The van der Waals surface area contributed by atoms with Crippen LogP contribution in [-0.2, 0) is 15.0 Å². The lowest BCUT2D eigenvalue weighted by Crippen LogP contribution is -2.20. The van der Waals surface area contributed by atoms with Crippen LogP contribution in [0.5, 0.6) is 34.5 Å². The van der Waals surface area contributed by atoms with Crippen LogP contribution in [0.4, 0.5) is 0 Å². The van der Waals surface area contributed by atoms with Crippen LogP contribution in [0.1, 0.15) is 83.3 Å². The van der Waals surface area contributed by atoms with Crippen LogP contribution in [0.15, 0.2) is 72.8 Å². The van der Waals surface area contributed by atoms with Gasteiger partial charge in [0, 0.05) is 16.6 Å². The molecule has 49 heavy (non-hydrogen) atoms. The Hall–Kier alpha value is -5.10. The Balaban J connectivity index is 1.60. The predicted octanol–water partition coefficient (Wildman–Crippen LogP) is 11.0. The van der Waals surface area contributed by atoms with E-state index in [1.54, 1.807) is 13.8 Å². The molecule has 4 rings (SSSR count). The van der Waals surface area contributed by atoms with Gasteiger partial charge in [-0.05, 0) is 149 Å². The lowest BCUT2D eigenvalue weighted by atomic mass is 9.76. The fraction of sp³-hybridized carbons (Fsp3) is 0.302. The average Bonchev–Trinajstić information content (AvgIpc) is 2.99. The van der Waals surface area contributed by atoms with E-state index >= 15 is 0 Å². The monoisotopic (exact) mass is 660 g/mol. The van der Waals surface area contributed by atoms with E-state index in [9.17, 15) is 9.59 Å². The summed E-state index contributed by atoms with van der Waals surface area (Å²) in [4.78, 5) is 24.3. The molecule has 0 aliphatic heterocycles. The van der Waals surface area contributed by atoms with Gasteiger partial charge in [-0.2, -0.15) is 0 Å². The zero-order valence-corrected chi connectivity index (χ0v) is 31.0. The molecule has 0 heterocycles. The summed E-state index contributed by atoms with van der Waals surface area (Å²) in [6, 6.07) is 16.3. The average molecular weight is 661 g/mol. The zero-order valence-electron chi connectivity index (χ0n) is 31.0. The highest BCUT2D eigenvalue weighted by molar-refractivity contribution is 5.89. The Kier molecular flexibility index (Phi) is 10.6. The van der Waals surface area contributed by atoms with E-state index < -0.39 is 11.9 Å². The fourth-order valence-corrected chi connectivity index (χ4v) is 5.97. The van der Waals surface area contributed by atoms with Gasteiger partial charge >= 0.3 is 11.9 Å². The van der Waals surface area contributed by atoms with Gasteiger partial charge in [0.05, 0.1) is 0 Å². The zero-order chi connectivity index (χ0) is 36.5. The summed E-state index contributed by atoms with van der Waals surface area (Å²) in [6.45, 7) is 30.9. The Bertz CT molecular complexity index is 1770. The molecule has 0 aliphatic carbocycles. The molecule has 0 bridgehead atoms. The highest BCUT2D eigenvalue weighted by atomic mass is 16.5. The summed E-state index contributed by atoms with van der Waals surface area (Å²) < 4.78 is 24.0. The van der Waals surface area contributed by atoms with Crippen molar-refractivity contribution in [1.29, 1.82) is 0 Å². The molecular weight excluding hydrogens is 612 g/mol. The Morgan fingerprint density at radius 1 is 0.469 bits per heavy atom. The first-order valence-electron chi connectivity index (χ1n) is 16.4. The lowest BCUT2D eigenvalue weighted by Gasteiger charge is -2.29. The van der Waals surface area contributed by atoms with Crippen LogP contribution in [0, 0.1) is 55.4 Å². The fourth-order valence-electron chi connectivity index (χ4n) is 5.97. The van der Waals surface area contributed by atoms with Gasteiger partial charge in [0.1, 0.15) is 34.5 Å². The standard InChI is InChI=1S/C43H48O6/c1-23(2)41(44)48-39-29(9)19-35(20-30(39)10)46-37-25(5)15-33(16-26(37)6)43(13,14)34-17-27(7)38(28(8)18-34)47-36-21-31(11)40(32(12)22-36)49-42(45)24(3)4/h15-22H,1,3H2,2,4-14H3. The molecule has 0 radical (unpaired) electrons. The molecule has 4 aromatic carbocycles. The first kappa shape index (κ1) is 36.7. The molecule has 0 spiro atoms. The van der Waals surface area contributed by atoms with E-state index in [-0.39, 0.29) is 5.41 Å². The smallest absolute Gasteiger partial charge is 0.338 e. The number of aryl methyl sites for hydroxylation is 8. The molecule has 4 aromatic rings. The van der Waals surface area contributed by atoms with Crippen molar-refractivity contribution in [2.24, 2.45) is 0 Å². The predicted molar refractivity (Wildman–Crippen MR) is 197 cm³/mol. The Labute approximate surface area is 291 Å². The first-order valence-corrected chi connectivity index (χ1v) is 16.4. The van der Waals surface area contributed by atoms with Gasteiger partial charge in [-0.25, -0.2) is 9.59 Å². The van der Waals surface area contributed by atoms with Crippen LogP contribution in [-0.4, -0.2) is 11.9 Å². The van der Waals surface area contributed by atoms with Crippen LogP contribution in [0.3, 0.4) is 0 Å². The van der Waals surface area contributed by atoms with Crippen molar-refractivity contribution in [3.63, 3.8) is 0 Å². The van der Waals surface area contributed by atoms with Gasteiger partial charge in [-0.1, -0.05) is 51.3 Å². The van der Waals surface area contributed by atoms with E-state index in [0.717, 1.165) is 56.0 Å². The third-order valence-electron chi connectivity index (χ3n) is 8.76. The molecule has 6 nitrogen and oxygen atoms in total. The second-order valence-electron chi connectivity index (χ2n) is 13.8. The molecule has 0 atom stereocenters. The minimum Gasteiger partial charge on any atom is -0.457 e. The number of esters is 2. The van der Waals surface area contributed by atoms with E-state index in [2.05, 4.69) is 79.0 Å². The number of carbonyl (C=O) groups is 2. The molecule has 0 N–H and O–H groups in total. The van der Waals surface area contributed by atoms with Crippen LogP contribution in [0.2, 0.25) is 0 Å². The Morgan fingerprint density at radius 2 is 0.714 bits per heavy atom. The minimum absolute atomic E-state index is 0.313. The van der Waals surface area contributed by atoms with Gasteiger partial charge < -0.3 is 18.9 Å². The molecule has 0 aromatic heterocycles. The number of benzene rings is 4. The van der Waals surface area contributed by atoms with Crippen molar-refractivity contribution in [3.05, 3.63) is 128 Å². The second-order valence-corrected chi connectivity index (χ2v) is 13.8. The molecule has 0 amide bonds. The van der Waals surface area contributed by atoms with Gasteiger partial charge in [0.2, 0.25) is 0 Å². The molecule has 0 saturated heterocycles. The molecule has 0 unspecified atom stereocenters. The van der Waals surface area contributed by atoms with Crippen molar-refractivity contribution in [3.8, 4) is 34.5 Å². The quantitative estimate of drug-likeness (QED) is 0.0958. The highest BCUT2D eigenvalue weighted by Gasteiger charge is 2.27. The SMILES string of the molecule is C=C(C)C(=O)Oc1c(C)cc(Oc2c(C)cc(C(C)(C)c3cc(C)c(Oc4cc(C)c(OC(=O)C(=C)C)c(C)c4)c(C)c3)cc2C)cc1C. The summed E-state index contributed by atoms with van der Waals surface area (Å²) in [5, 5.41) is 0. The first-order chi connectivity index (χ1) is 22.8. The van der Waals surface area contributed by atoms with Crippen molar-refractivity contribution >= 4 is 11.9 Å². The summed E-state index contributed by atoms with van der Waals surface area (Å²) in [6.07, 6.45) is 0. The van der Waals surface area contributed by atoms with Gasteiger partial charge in [-0.15, -0.1) is 0 Å². The molecule has 256 valence electrons. The third-order valence-corrected chi connectivity index (χ3v) is 8.76. The van der Waals surface area contributed by atoms with E-state index in [1.165, 1.54) is 11.1 Å². The van der Waals surface area contributed by atoms with Crippen LogP contribution in [0.25, 0.3) is 0 Å². The van der Waals surface area contributed by atoms with Crippen molar-refractivity contribution in [2.75, 3.05) is 0 Å². The van der Waals surface area contributed by atoms with Gasteiger partial charge in [-0.3, -0.25) is 0 Å². The van der Waals surface area contributed by atoms with E-state index in [1.807, 2.05) is 52.0 Å². The van der Waals surface area contributed by atoms with Gasteiger partial charge in [0.15, 0.2) is 0 Å². The van der Waals surface area contributed by atoms with Gasteiger partial charge in [0.25, 0.3) is 0 Å². The lowest BCUT2D eigenvalue weighted by molar-refractivity contribution is -0.131. The number of carbonyl (C=O) groups excluding carboxylic acids is 2. The van der Waals surface area contributed by atoms with Crippen LogP contribution >= 0.6 is 0 Å². The second kappa shape index (κ2) is 14.2. The topological polar surface area (TPSA) is 71.1 Å².